The van der Waals surface area contributed by atoms with Crippen molar-refractivity contribution in [2.75, 3.05) is 5.43 Å². The molecule has 0 saturated carbocycles. The highest BCUT2D eigenvalue weighted by Crippen LogP contribution is 2.17. The van der Waals surface area contributed by atoms with Crippen molar-refractivity contribution in [2.24, 2.45) is 5.10 Å². The van der Waals surface area contributed by atoms with E-state index in [1.807, 2.05) is 6.07 Å². The Labute approximate surface area is 106 Å². The summed E-state index contributed by atoms with van der Waals surface area (Å²) in [5.74, 6) is 0. The molecule has 0 amide bonds. The molecule has 0 unspecified atom stereocenters. The smallest absolute Gasteiger partial charge is 0.237 e. The van der Waals surface area contributed by atoms with Gasteiger partial charge < -0.3 is 0 Å². The number of hydrazone groups is 1. The van der Waals surface area contributed by atoms with Crippen molar-refractivity contribution in [2.45, 2.75) is 0 Å². The first-order valence-electron chi connectivity index (χ1n) is 4.05. The van der Waals surface area contributed by atoms with E-state index in [1.54, 1.807) is 30.3 Å². The summed E-state index contributed by atoms with van der Waals surface area (Å²) in [4.78, 5) is 0. The van der Waals surface area contributed by atoms with Crippen molar-refractivity contribution in [1.29, 1.82) is 15.8 Å². The van der Waals surface area contributed by atoms with Crippen molar-refractivity contribution < 1.29 is 0 Å². The van der Waals surface area contributed by atoms with Gasteiger partial charge >= 0.3 is 0 Å². The molecule has 76 valence electrons. The predicted octanol–water partition coefficient (Wildman–Crippen LogP) is 1.98. The van der Waals surface area contributed by atoms with Gasteiger partial charge in [0.25, 0.3) is 0 Å². The van der Waals surface area contributed by atoms with Gasteiger partial charge in [-0.1, -0.05) is 0 Å². The summed E-state index contributed by atoms with van der Waals surface area (Å²) >= 11 is 2.08. The van der Waals surface area contributed by atoms with E-state index in [9.17, 15) is 0 Å². The molecule has 0 spiro atoms. The quantitative estimate of drug-likeness (QED) is 0.512. The van der Waals surface area contributed by atoms with Crippen LogP contribution in [0.1, 0.15) is 5.56 Å². The molecule has 0 saturated heterocycles. The van der Waals surface area contributed by atoms with Gasteiger partial charge in [-0.05, 0) is 40.8 Å². The van der Waals surface area contributed by atoms with E-state index < -0.39 is 0 Å². The third-order valence-corrected chi connectivity index (χ3v) is 2.27. The summed E-state index contributed by atoms with van der Waals surface area (Å²) in [6.45, 7) is 0. The topological polar surface area (TPSA) is 95.8 Å². The highest BCUT2D eigenvalue weighted by molar-refractivity contribution is 14.1. The molecule has 0 aromatic heterocycles. The maximum Gasteiger partial charge on any atom is 0.237 e. The molecule has 0 heterocycles. The number of hydrogen-bond acceptors (Lipinski definition) is 5. The summed E-state index contributed by atoms with van der Waals surface area (Å²) in [6.07, 6.45) is 0. The van der Waals surface area contributed by atoms with Crippen LogP contribution in [0.2, 0.25) is 0 Å². The fraction of sp³-hybridized carbons (Fsp3) is 0. The van der Waals surface area contributed by atoms with Crippen LogP contribution in [0.5, 0.6) is 0 Å². The molecule has 0 radical (unpaired) electrons. The normalized spacial score (nSPS) is 8.12. The lowest BCUT2D eigenvalue weighted by Crippen LogP contribution is -1.98. The Kier molecular flexibility index (Phi) is 4.26. The van der Waals surface area contributed by atoms with Crippen LogP contribution >= 0.6 is 22.6 Å². The molecule has 6 heteroatoms. The van der Waals surface area contributed by atoms with E-state index in [0.29, 0.717) is 11.3 Å². The minimum atomic E-state index is -0.289. The van der Waals surface area contributed by atoms with Crippen molar-refractivity contribution >= 4 is 34.0 Å². The van der Waals surface area contributed by atoms with E-state index in [4.69, 9.17) is 15.8 Å². The Bertz CT molecular complexity index is 540. The number of benzene rings is 1. The van der Waals surface area contributed by atoms with E-state index in [0.717, 1.165) is 3.57 Å². The van der Waals surface area contributed by atoms with Crippen molar-refractivity contribution in [3.63, 3.8) is 0 Å². The first kappa shape index (κ1) is 12.0. The van der Waals surface area contributed by atoms with Gasteiger partial charge in [-0.15, -0.1) is 0 Å². The Balaban J connectivity index is 3.01. The van der Waals surface area contributed by atoms with Crippen LogP contribution in [0.4, 0.5) is 5.69 Å². The molecule has 1 aromatic rings. The molecule has 0 atom stereocenters. The number of nitrogens with one attached hydrogen (secondary N) is 1. The first-order valence-corrected chi connectivity index (χ1v) is 5.12. The Morgan fingerprint density at radius 1 is 1.25 bits per heavy atom. The zero-order valence-corrected chi connectivity index (χ0v) is 10.1. The summed E-state index contributed by atoms with van der Waals surface area (Å²) in [6, 6.07) is 10.3. The van der Waals surface area contributed by atoms with Gasteiger partial charge in [-0.2, -0.15) is 20.9 Å². The van der Waals surface area contributed by atoms with Crippen LogP contribution in [-0.2, 0) is 0 Å². The maximum absolute atomic E-state index is 8.85. The second-order valence-electron chi connectivity index (χ2n) is 2.60. The Hall–Kier alpha value is -2.11. The van der Waals surface area contributed by atoms with E-state index >= 15 is 0 Å². The molecule has 1 aromatic carbocycles. The average molecular weight is 321 g/mol. The van der Waals surface area contributed by atoms with Crippen LogP contribution < -0.4 is 5.43 Å². The molecule has 1 N–H and O–H groups in total. The minimum absolute atomic E-state index is 0.289. The molecule has 0 fully saturated rings. The molecule has 16 heavy (non-hydrogen) atoms. The Morgan fingerprint density at radius 3 is 2.50 bits per heavy atom. The average Bonchev–Trinajstić information content (AvgIpc) is 2.31. The molecule has 0 aliphatic carbocycles. The molecule has 0 bridgehead atoms. The van der Waals surface area contributed by atoms with E-state index in [2.05, 4.69) is 33.1 Å². The molecule has 0 aliphatic rings. The van der Waals surface area contributed by atoms with Gasteiger partial charge in [0.1, 0.15) is 18.2 Å². The maximum atomic E-state index is 8.85. The fourth-order valence-electron chi connectivity index (χ4n) is 0.898. The molecule has 1 rings (SSSR count). The van der Waals surface area contributed by atoms with Crippen molar-refractivity contribution in [1.82, 2.24) is 0 Å². The van der Waals surface area contributed by atoms with Crippen molar-refractivity contribution in [3.8, 4) is 18.2 Å². The zero-order valence-electron chi connectivity index (χ0n) is 7.90. The van der Waals surface area contributed by atoms with Crippen LogP contribution in [0.15, 0.2) is 23.3 Å². The highest BCUT2D eigenvalue weighted by Gasteiger charge is 2.02. The highest BCUT2D eigenvalue weighted by atomic mass is 127. The number of anilines is 1. The summed E-state index contributed by atoms with van der Waals surface area (Å²) in [5.41, 5.74) is 3.09. The molecular weight excluding hydrogens is 317 g/mol. The summed E-state index contributed by atoms with van der Waals surface area (Å²) in [7, 11) is 0. The van der Waals surface area contributed by atoms with E-state index in [-0.39, 0.29) is 5.71 Å². The third kappa shape index (κ3) is 2.94. The monoisotopic (exact) mass is 321 g/mol. The third-order valence-electron chi connectivity index (χ3n) is 1.60. The number of nitriles is 3. The number of halogens is 1. The van der Waals surface area contributed by atoms with E-state index in [1.165, 1.54) is 0 Å². The Morgan fingerprint density at radius 2 is 1.94 bits per heavy atom. The second kappa shape index (κ2) is 5.69. The predicted molar refractivity (Wildman–Crippen MR) is 66.2 cm³/mol. The largest absolute Gasteiger partial charge is 0.275 e. The lowest BCUT2D eigenvalue weighted by atomic mass is 10.2. The summed E-state index contributed by atoms with van der Waals surface area (Å²) < 4.78 is 0.921. The summed E-state index contributed by atoms with van der Waals surface area (Å²) in [5, 5.41) is 29.3. The van der Waals surface area contributed by atoms with Gasteiger partial charge in [0, 0.05) is 3.57 Å². The van der Waals surface area contributed by atoms with Crippen LogP contribution in [-0.4, -0.2) is 5.71 Å². The fourth-order valence-corrected chi connectivity index (χ4v) is 1.39. The van der Waals surface area contributed by atoms with Gasteiger partial charge in [0.15, 0.2) is 0 Å². The molecular formula is C10H4IN5. The standard InChI is InChI=1S/C10H4IN5/c11-8-1-2-10(7(3-8)4-12)16-15-9(5-13)6-14/h1-3,16H. The molecule has 5 nitrogen and oxygen atoms in total. The number of nitrogens with zero attached hydrogens (tertiary/aromatic N) is 4. The molecule has 0 aliphatic heterocycles. The SMILES string of the molecule is N#CC(C#N)=NNc1ccc(I)cc1C#N. The minimum Gasteiger partial charge on any atom is -0.275 e. The number of hydrogen-bond donors (Lipinski definition) is 1. The van der Waals surface area contributed by atoms with Gasteiger partial charge in [-0.3, -0.25) is 5.43 Å². The zero-order chi connectivity index (χ0) is 12.0. The first-order chi connectivity index (χ1) is 7.71. The van der Waals surface area contributed by atoms with Gasteiger partial charge in [0.05, 0.1) is 11.3 Å². The number of rotatable bonds is 2. The van der Waals surface area contributed by atoms with Crippen LogP contribution in [0.25, 0.3) is 0 Å². The van der Waals surface area contributed by atoms with Crippen LogP contribution in [0, 0.1) is 37.6 Å². The van der Waals surface area contributed by atoms with Gasteiger partial charge in [0.2, 0.25) is 5.71 Å². The van der Waals surface area contributed by atoms with Crippen molar-refractivity contribution in [3.05, 3.63) is 27.3 Å². The van der Waals surface area contributed by atoms with Gasteiger partial charge in [-0.25, -0.2) is 0 Å². The lowest BCUT2D eigenvalue weighted by Gasteiger charge is -2.02. The lowest BCUT2D eigenvalue weighted by molar-refractivity contribution is 1.32. The second-order valence-corrected chi connectivity index (χ2v) is 3.84. The van der Waals surface area contributed by atoms with Crippen LogP contribution in [0.3, 0.4) is 0 Å².